The topological polar surface area (TPSA) is 41.1 Å². The molecule has 0 unspecified atom stereocenters. The van der Waals surface area contributed by atoms with Gasteiger partial charge in [-0.25, -0.2) is 0 Å². The van der Waals surface area contributed by atoms with Gasteiger partial charge in [0.25, 0.3) is 5.91 Å². The summed E-state index contributed by atoms with van der Waals surface area (Å²) in [6.07, 6.45) is 0. The van der Waals surface area contributed by atoms with Gasteiger partial charge in [-0.05, 0) is 30.3 Å². The number of benzene rings is 2. The minimum atomic E-state index is -0.130. The molecule has 0 aliphatic carbocycles. The van der Waals surface area contributed by atoms with E-state index in [2.05, 4.69) is 10.6 Å². The van der Waals surface area contributed by atoms with Crippen molar-refractivity contribution in [3.05, 3.63) is 53.1 Å². The predicted molar refractivity (Wildman–Crippen MR) is 80.5 cm³/mol. The normalized spacial score (nSPS) is 11.8. The molecule has 98 valence electrons. The molecule has 0 aromatic heterocycles. The van der Waals surface area contributed by atoms with E-state index in [-0.39, 0.29) is 5.91 Å². The van der Waals surface area contributed by atoms with Gasteiger partial charge in [0, 0.05) is 5.02 Å². The van der Waals surface area contributed by atoms with Crippen LogP contribution in [0.4, 0.5) is 17.1 Å². The third-order valence-corrected chi connectivity index (χ3v) is 2.91. The SMILES string of the molecule is CC.O=C1Nc2cc(Cl)ccc2Nc2ccccc21. The summed E-state index contributed by atoms with van der Waals surface area (Å²) >= 11 is 5.91. The van der Waals surface area contributed by atoms with E-state index in [4.69, 9.17) is 11.6 Å². The molecule has 0 radical (unpaired) electrons. The van der Waals surface area contributed by atoms with Crippen LogP contribution in [0.25, 0.3) is 0 Å². The van der Waals surface area contributed by atoms with Crippen LogP contribution in [0, 0.1) is 0 Å². The molecule has 0 bridgehead atoms. The number of para-hydroxylation sites is 1. The Hall–Kier alpha value is -2.00. The second kappa shape index (κ2) is 5.76. The highest BCUT2D eigenvalue weighted by Crippen LogP contribution is 2.33. The highest BCUT2D eigenvalue weighted by atomic mass is 35.5. The van der Waals surface area contributed by atoms with Crippen molar-refractivity contribution in [2.45, 2.75) is 13.8 Å². The van der Waals surface area contributed by atoms with Gasteiger partial charge in [-0.2, -0.15) is 0 Å². The molecule has 0 saturated carbocycles. The first-order valence-corrected chi connectivity index (χ1v) is 6.59. The van der Waals surface area contributed by atoms with Crippen molar-refractivity contribution in [2.24, 2.45) is 0 Å². The number of anilines is 3. The minimum absolute atomic E-state index is 0.130. The number of rotatable bonds is 0. The zero-order chi connectivity index (χ0) is 13.8. The monoisotopic (exact) mass is 274 g/mol. The quantitative estimate of drug-likeness (QED) is 0.733. The molecule has 1 heterocycles. The molecule has 2 aromatic rings. The second-order valence-corrected chi connectivity index (χ2v) is 4.25. The molecule has 1 aliphatic heterocycles. The number of fused-ring (bicyclic) bond motifs is 2. The highest BCUT2D eigenvalue weighted by Gasteiger charge is 2.18. The molecule has 1 amide bonds. The summed E-state index contributed by atoms with van der Waals surface area (Å²) in [4.78, 5) is 12.0. The summed E-state index contributed by atoms with van der Waals surface area (Å²) in [5.41, 5.74) is 2.96. The van der Waals surface area contributed by atoms with Crippen molar-refractivity contribution in [1.82, 2.24) is 0 Å². The Balaban J connectivity index is 0.000000637. The van der Waals surface area contributed by atoms with Crippen LogP contribution in [-0.4, -0.2) is 5.91 Å². The fourth-order valence-corrected chi connectivity index (χ4v) is 2.03. The molecule has 3 rings (SSSR count). The van der Waals surface area contributed by atoms with Gasteiger partial charge in [-0.3, -0.25) is 4.79 Å². The maximum Gasteiger partial charge on any atom is 0.257 e. The Labute approximate surface area is 117 Å². The van der Waals surface area contributed by atoms with Gasteiger partial charge >= 0.3 is 0 Å². The number of amides is 1. The number of hydrogen-bond acceptors (Lipinski definition) is 2. The van der Waals surface area contributed by atoms with Gasteiger partial charge in [-0.1, -0.05) is 37.6 Å². The van der Waals surface area contributed by atoms with E-state index in [0.717, 1.165) is 11.4 Å². The number of carbonyl (C=O) groups excluding carboxylic acids is 1. The summed E-state index contributed by atoms with van der Waals surface area (Å²) in [6.45, 7) is 4.00. The first-order valence-electron chi connectivity index (χ1n) is 6.21. The average molecular weight is 275 g/mol. The van der Waals surface area contributed by atoms with Gasteiger partial charge < -0.3 is 10.6 Å². The molecule has 0 atom stereocenters. The Kier molecular flexibility index (Phi) is 4.07. The number of halogens is 1. The van der Waals surface area contributed by atoms with E-state index in [9.17, 15) is 4.79 Å². The molecule has 2 N–H and O–H groups in total. The smallest absolute Gasteiger partial charge is 0.257 e. The van der Waals surface area contributed by atoms with Crippen molar-refractivity contribution in [3.8, 4) is 0 Å². The highest BCUT2D eigenvalue weighted by molar-refractivity contribution is 6.31. The van der Waals surface area contributed by atoms with Crippen LogP contribution in [0.3, 0.4) is 0 Å². The first-order chi connectivity index (χ1) is 9.24. The van der Waals surface area contributed by atoms with E-state index in [1.165, 1.54) is 0 Å². The van der Waals surface area contributed by atoms with Gasteiger partial charge in [0.1, 0.15) is 0 Å². The van der Waals surface area contributed by atoms with Crippen LogP contribution < -0.4 is 10.6 Å². The fourth-order valence-electron chi connectivity index (χ4n) is 1.85. The van der Waals surface area contributed by atoms with Crippen LogP contribution in [0.2, 0.25) is 5.02 Å². The first kappa shape index (κ1) is 13.4. The van der Waals surface area contributed by atoms with Gasteiger partial charge in [0.15, 0.2) is 0 Å². The van der Waals surface area contributed by atoms with Crippen LogP contribution in [0.15, 0.2) is 42.5 Å². The van der Waals surface area contributed by atoms with Gasteiger partial charge in [0.2, 0.25) is 0 Å². The average Bonchev–Trinajstić information content (AvgIpc) is 2.57. The third kappa shape index (κ3) is 2.71. The van der Waals surface area contributed by atoms with Crippen LogP contribution in [-0.2, 0) is 0 Å². The molecule has 2 aromatic carbocycles. The second-order valence-electron chi connectivity index (χ2n) is 3.81. The molecule has 3 nitrogen and oxygen atoms in total. The summed E-state index contributed by atoms with van der Waals surface area (Å²) in [6, 6.07) is 12.7. The van der Waals surface area contributed by atoms with Gasteiger partial charge in [-0.15, -0.1) is 0 Å². The number of carbonyl (C=O) groups is 1. The van der Waals surface area contributed by atoms with E-state index in [1.54, 1.807) is 18.2 Å². The van der Waals surface area contributed by atoms with Crippen LogP contribution >= 0.6 is 11.6 Å². The zero-order valence-electron chi connectivity index (χ0n) is 10.8. The lowest BCUT2D eigenvalue weighted by molar-refractivity contribution is 0.102. The standard InChI is InChI=1S/C13H9ClN2O.C2H6/c14-8-5-6-11-12(7-8)16-13(17)9-3-1-2-4-10(9)15-11;1-2/h1-7,15H,(H,16,17);1-2H3. The van der Waals surface area contributed by atoms with E-state index < -0.39 is 0 Å². The maximum absolute atomic E-state index is 12.0. The van der Waals surface area contributed by atoms with Crippen LogP contribution in [0.5, 0.6) is 0 Å². The lowest BCUT2D eigenvalue weighted by Crippen LogP contribution is -2.10. The van der Waals surface area contributed by atoms with Crippen molar-refractivity contribution in [3.63, 3.8) is 0 Å². The lowest BCUT2D eigenvalue weighted by Gasteiger charge is -2.08. The molecular weight excluding hydrogens is 260 g/mol. The van der Waals surface area contributed by atoms with Crippen molar-refractivity contribution in [2.75, 3.05) is 10.6 Å². The Bertz CT molecular complexity index is 611. The largest absolute Gasteiger partial charge is 0.353 e. The fraction of sp³-hybridized carbons (Fsp3) is 0.133. The Morgan fingerprint density at radius 2 is 1.63 bits per heavy atom. The molecule has 0 spiro atoms. The Morgan fingerprint density at radius 1 is 0.895 bits per heavy atom. The van der Waals surface area contributed by atoms with E-state index >= 15 is 0 Å². The summed E-state index contributed by atoms with van der Waals surface area (Å²) < 4.78 is 0. The maximum atomic E-state index is 12.0. The van der Waals surface area contributed by atoms with E-state index in [0.29, 0.717) is 16.3 Å². The lowest BCUT2D eigenvalue weighted by atomic mass is 10.1. The summed E-state index contributed by atoms with van der Waals surface area (Å²) in [7, 11) is 0. The number of hydrogen-bond donors (Lipinski definition) is 2. The molecule has 1 aliphatic rings. The summed E-state index contributed by atoms with van der Waals surface area (Å²) in [5, 5.41) is 6.65. The van der Waals surface area contributed by atoms with Crippen molar-refractivity contribution >= 4 is 34.6 Å². The van der Waals surface area contributed by atoms with Crippen molar-refractivity contribution < 1.29 is 4.79 Å². The number of nitrogens with one attached hydrogen (secondary N) is 2. The Morgan fingerprint density at radius 3 is 2.42 bits per heavy atom. The molecule has 19 heavy (non-hydrogen) atoms. The van der Waals surface area contributed by atoms with Crippen molar-refractivity contribution in [1.29, 1.82) is 0 Å². The predicted octanol–water partition coefficient (Wildman–Crippen LogP) is 4.68. The summed E-state index contributed by atoms with van der Waals surface area (Å²) in [5.74, 6) is -0.130. The van der Waals surface area contributed by atoms with E-state index in [1.807, 2.05) is 38.1 Å². The molecule has 0 fully saturated rings. The minimum Gasteiger partial charge on any atom is -0.353 e. The molecular formula is C15H15ClN2O. The van der Waals surface area contributed by atoms with Gasteiger partial charge in [0.05, 0.1) is 22.6 Å². The third-order valence-electron chi connectivity index (χ3n) is 2.67. The van der Waals surface area contributed by atoms with Crippen LogP contribution in [0.1, 0.15) is 24.2 Å². The molecule has 4 heteroatoms. The molecule has 0 saturated heterocycles. The zero-order valence-corrected chi connectivity index (χ0v) is 11.6.